The quantitative estimate of drug-likeness (QED) is 0.565. The minimum atomic E-state index is -0.614. The smallest absolute Gasteiger partial charge is 0.294 e. The third-order valence-electron chi connectivity index (χ3n) is 5.62. The van der Waals surface area contributed by atoms with Crippen molar-refractivity contribution >= 4 is 46.3 Å². The van der Waals surface area contributed by atoms with Crippen LogP contribution >= 0.6 is 11.8 Å². The van der Waals surface area contributed by atoms with Gasteiger partial charge in [0.15, 0.2) is 0 Å². The Hall–Kier alpha value is -3.33. The molecule has 7 nitrogen and oxygen atoms in total. The minimum absolute atomic E-state index is 0.0866. The van der Waals surface area contributed by atoms with Crippen molar-refractivity contribution in [2.75, 3.05) is 36.5 Å². The zero-order valence-electron chi connectivity index (χ0n) is 18.9. The molecule has 0 aliphatic carbocycles. The van der Waals surface area contributed by atoms with Crippen molar-refractivity contribution in [3.8, 4) is 5.75 Å². The average Bonchev–Trinajstić information content (AvgIpc) is 3.09. The number of nitrogens with one attached hydrogen (secondary N) is 1. The van der Waals surface area contributed by atoms with Crippen LogP contribution in [0.15, 0.2) is 47.4 Å². The second-order valence-corrected chi connectivity index (χ2v) is 9.02. The SMILES string of the molecule is CCOc1ccc(NC(=O)CN2C(=O)S/C(=C/c3ccc(N4CCCCC4)cc3F)C2=O)cc1. The van der Waals surface area contributed by atoms with Crippen LogP contribution in [0.25, 0.3) is 6.08 Å². The van der Waals surface area contributed by atoms with Gasteiger partial charge in [-0.1, -0.05) is 0 Å². The summed E-state index contributed by atoms with van der Waals surface area (Å²) in [6.07, 6.45) is 4.72. The van der Waals surface area contributed by atoms with Gasteiger partial charge in [0.25, 0.3) is 11.1 Å². The number of carbonyl (C=O) groups excluding carboxylic acids is 3. The summed E-state index contributed by atoms with van der Waals surface area (Å²) >= 11 is 0.698. The first kappa shape index (κ1) is 23.8. The Bertz CT molecular complexity index is 1110. The van der Waals surface area contributed by atoms with Gasteiger partial charge in [0, 0.05) is 30.0 Å². The summed E-state index contributed by atoms with van der Waals surface area (Å²) in [6, 6.07) is 11.7. The Morgan fingerprint density at radius 1 is 1.12 bits per heavy atom. The number of anilines is 2. The summed E-state index contributed by atoms with van der Waals surface area (Å²) in [5.74, 6) is -0.906. The molecule has 3 amide bonds. The first-order valence-corrected chi connectivity index (χ1v) is 12.1. The van der Waals surface area contributed by atoms with E-state index in [4.69, 9.17) is 4.74 Å². The van der Waals surface area contributed by atoms with Crippen LogP contribution in [0, 0.1) is 5.82 Å². The molecule has 0 bridgehead atoms. The monoisotopic (exact) mass is 483 g/mol. The lowest BCUT2D eigenvalue weighted by molar-refractivity contribution is -0.127. The van der Waals surface area contributed by atoms with Gasteiger partial charge in [-0.25, -0.2) is 4.39 Å². The number of thioether (sulfide) groups is 1. The zero-order valence-corrected chi connectivity index (χ0v) is 19.7. The van der Waals surface area contributed by atoms with Gasteiger partial charge in [-0.3, -0.25) is 19.3 Å². The van der Waals surface area contributed by atoms with Crippen molar-refractivity contribution in [3.63, 3.8) is 0 Å². The van der Waals surface area contributed by atoms with Crippen LogP contribution in [0.5, 0.6) is 5.75 Å². The second kappa shape index (κ2) is 10.7. The maximum atomic E-state index is 14.7. The Kier molecular flexibility index (Phi) is 7.52. The fourth-order valence-electron chi connectivity index (χ4n) is 3.90. The highest BCUT2D eigenvalue weighted by Crippen LogP contribution is 2.33. The number of carbonyl (C=O) groups is 3. The van der Waals surface area contributed by atoms with Crippen LogP contribution in [-0.2, 0) is 9.59 Å². The summed E-state index contributed by atoms with van der Waals surface area (Å²) in [6.45, 7) is 3.78. The number of hydrogen-bond acceptors (Lipinski definition) is 6. The maximum absolute atomic E-state index is 14.7. The van der Waals surface area contributed by atoms with Crippen LogP contribution < -0.4 is 15.0 Å². The summed E-state index contributed by atoms with van der Waals surface area (Å²) in [5, 5.41) is 2.09. The maximum Gasteiger partial charge on any atom is 0.294 e. The lowest BCUT2D eigenvalue weighted by Gasteiger charge is -2.28. The van der Waals surface area contributed by atoms with E-state index in [1.165, 1.54) is 18.6 Å². The first-order chi connectivity index (χ1) is 16.4. The third-order valence-corrected chi connectivity index (χ3v) is 6.52. The highest BCUT2D eigenvalue weighted by molar-refractivity contribution is 8.18. The van der Waals surface area contributed by atoms with Crippen molar-refractivity contribution in [1.82, 2.24) is 4.90 Å². The summed E-state index contributed by atoms with van der Waals surface area (Å²) in [7, 11) is 0. The fraction of sp³-hybridized carbons (Fsp3) is 0.320. The summed E-state index contributed by atoms with van der Waals surface area (Å²) < 4.78 is 20.1. The Labute approximate surface area is 201 Å². The van der Waals surface area contributed by atoms with Gasteiger partial charge in [-0.2, -0.15) is 0 Å². The van der Waals surface area contributed by atoms with E-state index in [0.29, 0.717) is 29.8 Å². The average molecular weight is 484 g/mol. The predicted octanol–water partition coefficient (Wildman–Crippen LogP) is 4.89. The van der Waals surface area contributed by atoms with E-state index in [0.717, 1.165) is 36.5 Å². The molecule has 2 saturated heterocycles. The number of nitrogens with zero attached hydrogens (tertiary/aromatic N) is 2. The van der Waals surface area contributed by atoms with Gasteiger partial charge in [0.2, 0.25) is 5.91 Å². The van der Waals surface area contributed by atoms with Crippen LogP contribution in [-0.4, -0.2) is 48.2 Å². The molecule has 0 radical (unpaired) electrons. The molecule has 178 valence electrons. The van der Waals surface area contributed by atoms with E-state index in [9.17, 15) is 18.8 Å². The van der Waals surface area contributed by atoms with Crippen LogP contribution in [0.4, 0.5) is 20.6 Å². The topological polar surface area (TPSA) is 79.0 Å². The molecule has 2 aromatic carbocycles. The molecule has 2 fully saturated rings. The van der Waals surface area contributed by atoms with E-state index in [1.54, 1.807) is 30.3 Å². The standard InChI is InChI=1S/C25H26FN3O4S/c1-2-33-20-10-7-18(8-11-20)27-23(30)16-29-24(31)22(34-25(29)32)14-17-6-9-19(15-21(17)26)28-12-4-3-5-13-28/h6-11,14-15H,2-5,12-13,16H2,1H3,(H,27,30)/b22-14+. The van der Waals surface area contributed by atoms with Crippen LogP contribution in [0.1, 0.15) is 31.7 Å². The molecule has 0 spiro atoms. The normalized spacial score (nSPS) is 17.4. The van der Waals surface area contributed by atoms with Gasteiger partial charge < -0.3 is 15.0 Å². The van der Waals surface area contributed by atoms with Crippen molar-refractivity contribution in [2.24, 2.45) is 0 Å². The van der Waals surface area contributed by atoms with Crippen molar-refractivity contribution in [1.29, 1.82) is 0 Å². The highest BCUT2D eigenvalue weighted by atomic mass is 32.2. The molecule has 2 aromatic rings. The highest BCUT2D eigenvalue weighted by Gasteiger charge is 2.36. The summed E-state index contributed by atoms with van der Waals surface area (Å²) in [5.41, 5.74) is 1.56. The molecule has 34 heavy (non-hydrogen) atoms. The Balaban J connectivity index is 1.40. The van der Waals surface area contributed by atoms with Crippen molar-refractivity contribution in [2.45, 2.75) is 26.2 Å². The van der Waals surface area contributed by atoms with Gasteiger partial charge in [-0.15, -0.1) is 0 Å². The summed E-state index contributed by atoms with van der Waals surface area (Å²) in [4.78, 5) is 40.6. The number of hydrogen-bond donors (Lipinski definition) is 1. The van der Waals surface area contributed by atoms with Gasteiger partial charge >= 0.3 is 0 Å². The zero-order chi connectivity index (χ0) is 24.1. The van der Waals surface area contributed by atoms with E-state index in [-0.39, 0.29) is 10.5 Å². The first-order valence-electron chi connectivity index (χ1n) is 11.3. The number of halogens is 1. The predicted molar refractivity (Wildman–Crippen MR) is 131 cm³/mol. The van der Waals surface area contributed by atoms with E-state index >= 15 is 0 Å². The molecular weight excluding hydrogens is 457 g/mol. The molecule has 9 heteroatoms. The lowest BCUT2D eigenvalue weighted by Crippen LogP contribution is -2.36. The number of amides is 3. The number of imide groups is 1. The second-order valence-electron chi connectivity index (χ2n) is 8.03. The third kappa shape index (κ3) is 5.59. The van der Waals surface area contributed by atoms with E-state index < -0.39 is 29.4 Å². The minimum Gasteiger partial charge on any atom is -0.494 e. The molecule has 4 rings (SSSR count). The largest absolute Gasteiger partial charge is 0.494 e. The van der Waals surface area contributed by atoms with Gasteiger partial charge in [0.1, 0.15) is 18.1 Å². The van der Waals surface area contributed by atoms with Crippen LogP contribution in [0.3, 0.4) is 0 Å². The number of rotatable bonds is 7. The molecule has 0 atom stereocenters. The fourth-order valence-corrected chi connectivity index (χ4v) is 4.73. The number of ether oxygens (including phenoxy) is 1. The Morgan fingerprint density at radius 2 is 1.85 bits per heavy atom. The van der Waals surface area contributed by atoms with E-state index in [1.807, 2.05) is 13.0 Å². The molecule has 1 N–H and O–H groups in total. The van der Waals surface area contributed by atoms with Gasteiger partial charge in [0.05, 0.1) is 11.5 Å². The number of piperidine rings is 1. The van der Waals surface area contributed by atoms with Crippen LogP contribution in [0.2, 0.25) is 0 Å². The molecule has 0 unspecified atom stereocenters. The number of benzene rings is 2. The lowest BCUT2D eigenvalue weighted by atomic mass is 10.1. The Morgan fingerprint density at radius 3 is 2.53 bits per heavy atom. The molecular formula is C25H26FN3O4S. The molecule has 2 heterocycles. The molecule has 0 aromatic heterocycles. The van der Waals surface area contributed by atoms with Crippen molar-refractivity contribution < 1.29 is 23.5 Å². The van der Waals surface area contributed by atoms with Crippen molar-refractivity contribution in [3.05, 3.63) is 58.8 Å². The molecule has 0 saturated carbocycles. The van der Waals surface area contributed by atoms with E-state index in [2.05, 4.69) is 10.2 Å². The van der Waals surface area contributed by atoms with Gasteiger partial charge in [-0.05, 0) is 86.5 Å². The molecule has 2 aliphatic heterocycles. The molecule has 2 aliphatic rings.